The number of hydrogen-bond donors (Lipinski definition) is 0. The van der Waals surface area contributed by atoms with E-state index in [0.717, 1.165) is 0 Å². The van der Waals surface area contributed by atoms with Gasteiger partial charge in [0.05, 0.1) is 29.1 Å². The molecule has 0 aliphatic carbocycles. The number of fused-ring (bicyclic) bond motifs is 1. The van der Waals surface area contributed by atoms with E-state index in [4.69, 9.17) is 5.26 Å². The average Bonchev–Trinajstić information content (AvgIpc) is 2.54. The summed E-state index contributed by atoms with van der Waals surface area (Å²) in [5.74, 6) is 0.0863. The third-order valence-corrected chi connectivity index (χ3v) is 4.27. The van der Waals surface area contributed by atoms with Crippen LogP contribution in [0.4, 0.5) is 0 Å². The maximum Gasteiger partial charge on any atom is 0.261 e. The fourth-order valence-corrected chi connectivity index (χ4v) is 2.82. The second kappa shape index (κ2) is 7.09. The Labute approximate surface area is 132 Å². The van der Waals surface area contributed by atoms with Gasteiger partial charge in [-0.15, -0.1) is 0 Å². The van der Waals surface area contributed by atoms with Crippen LogP contribution in [0.1, 0.15) is 6.42 Å². The fourth-order valence-electron chi connectivity index (χ4n) is 1.91. The molecule has 6 nitrogen and oxygen atoms in total. The first-order valence-corrected chi connectivity index (χ1v) is 7.72. The van der Waals surface area contributed by atoms with Gasteiger partial charge in [-0.1, -0.05) is 23.9 Å². The van der Waals surface area contributed by atoms with Crippen molar-refractivity contribution in [3.8, 4) is 6.07 Å². The summed E-state index contributed by atoms with van der Waals surface area (Å²) in [6, 6.07) is 9.14. The predicted molar refractivity (Wildman–Crippen MR) is 85.6 cm³/mol. The van der Waals surface area contributed by atoms with E-state index in [-0.39, 0.29) is 17.2 Å². The first-order chi connectivity index (χ1) is 10.5. The third-order valence-electron chi connectivity index (χ3n) is 3.25. The van der Waals surface area contributed by atoms with Crippen LogP contribution in [-0.4, -0.2) is 39.7 Å². The lowest BCUT2D eigenvalue weighted by Crippen LogP contribution is -2.29. The van der Waals surface area contributed by atoms with Crippen molar-refractivity contribution in [2.45, 2.75) is 11.6 Å². The molecule has 0 bridgehead atoms. The van der Waals surface area contributed by atoms with Gasteiger partial charge in [0.1, 0.15) is 0 Å². The number of carbonyl (C=O) groups excluding carboxylic acids is 1. The number of hydrogen-bond acceptors (Lipinski definition) is 5. The summed E-state index contributed by atoms with van der Waals surface area (Å²) >= 11 is 1.22. The van der Waals surface area contributed by atoms with Gasteiger partial charge >= 0.3 is 0 Å². The summed E-state index contributed by atoms with van der Waals surface area (Å²) in [5.41, 5.74) is 0.497. The van der Waals surface area contributed by atoms with E-state index in [0.29, 0.717) is 29.0 Å². The zero-order valence-corrected chi connectivity index (χ0v) is 13.3. The Balaban J connectivity index is 2.15. The molecule has 1 aromatic heterocycles. The van der Waals surface area contributed by atoms with Crippen molar-refractivity contribution in [1.29, 1.82) is 5.26 Å². The van der Waals surface area contributed by atoms with Crippen molar-refractivity contribution >= 4 is 28.6 Å². The van der Waals surface area contributed by atoms with Gasteiger partial charge in [0.15, 0.2) is 5.16 Å². The third kappa shape index (κ3) is 3.46. The molecule has 2 aromatic rings. The second-order valence-corrected chi connectivity index (χ2v) is 5.73. The minimum Gasteiger partial charge on any atom is -0.344 e. The molecule has 7 heteroatoms. The lowest BCUT2D eigenvalue weighted by molar-refractivity contribution is -0.127. The molecule has 0 saturated heterocycles. The average molecular weight is 316 g/mol. The number of benzene rings is 1. The molecule has 0 saturated carbocycles. The number of nitriles is 1. The predicted octanol–water partition coefficient (Wildman–Crippen LogP) is 1.40. The normalized spacial score (nSPS) is 10.4. The monoisotopic (exact) mass is 316 g/mol. The summed E-state index contributed by atoms with van der Waals surface area (Å²) in [6.07, 6.45) is 0.305. The zero-order valence-electron chi connectivity index (χ0n) is 12.4. The van der Waals surface area contributed by atoms with Gasteiger partial charge in [-0.3, -0.25) is 14.2 Å². The van der Waals surface area contributed by atoms with E-state index in [1.54, 1.807) is 32.3 Å². The number of carbonyl (C=O) groups is 1. The van der Waals surface area contributed by atoms with Crippen LogP contribution in [0.3, 0.4) is 0 Å². The molecule has 22 heavy (non-hydrogen) atoms. The molecular weight excluding hydrogens is 300 g/mol. The van der Waals surface area contributed by atoms with E-state index < -0.39 is 0 Å². The number of amides is 1. The maximum atomic E-state index is 12.2. The van der Waals surface area contributed by atoms with Gasteiger partial charge in [0.2, 0.25) is 5.91 Å². The van der Waals surface area contributed by atoms with Crippen molar-refractivity contribution in [1.82, 2.24) is 14.5 Å². The summed E-state index contributed by atoms with van der Waals surface area (Å²) in [4.78, 5) is 30.2. The highest BCUT2D eigenvalue weighted by Crippen LogP contribution is 2.17. The Bertz CT molecular complexity index is 794. The van der Waals surface area contributed by atoms with E-state index in [2.05, 4.69) is 4.98 Å². The van der Waals surface area contributed by atoms with Crippen molar-refractivity contribution in [3.63, 3.8) is 0 Å². The van der Waals surface area contributed by atoms with E-state index >= 15 is 0 Å². The summed E-state index contributed by atoms with van der Waals surface area (Å²) < 4.78 is 1.45. The lowest BCUT2D eigenvalue weighted by Gasteiger charge is -2.15. The smallest absolute Gasteiger partial charge is 0.261 e. The maximum absolute atomic E-state index is 12.2. The van der Waals surface area contributed by atoms with Crippen molar-refractivity contribution in [3.05, 3.63) is 34.6 Å². The number of para-hydroxylation sites is 1. The van der Waals surface area contributed by atoms with Crippen molar-refractivity contribution < 1.29 is 4.79 Å². The minimum absolute atomic E-state index is 0.0948. The number of nitrogens with zero attached hydrogens (tertiary/aromatic N) is 4. The van der Waals surface area contributed by atoms with Gasteiger partial charge in [-0.25, -0.2) is 4.98 Å². The van der Waals surface area contributed by atoms with Gasteiger partial charge < -0.3 is 4.90 Å². The van der Waals surface area contributed by atoms with E-state index in [9.17, 15) is 9.59 Å². The molecule has 0 unspecified atom stereocenters. The van der Waals surface area contributed by atoms with Crippen LogP contribution in [0, 0.1) is 11.3 Å². The molecule has 114 valence electrons. The molecule has 0 aliphatic heterocycles. The van der Waals surface area contributed by atoms with Crippen LogP contribution in [0.25, 0.3) is 10.9 Å². The molecule has 0 atom stereocenters. The Morgan fingerprint density at radius 1 is 1.45 bits per heavy atom. The largest absolute Gasteiger partial charge is 0.344 e. The van der Waals surface area contributed by atoms with Crippen LogP contribution >= 0.6 is 11.8 Å². The molecule has 2 rings (SSSR count). The lowest BCUT2D eigenvalue weighted by atomic mass is 10.2. The van der Waals surface area contributed by atoms with Gasteiger partial charge in [0.25, 0.3) is 5.56 Å². The Hall–Kier alpha value is -2.33. The molecule has 1 aromatic carbocycles. The number of thioether (sulfide) groups is 1. The molecule has 1 heterocycles. The van der Waals surface area contributed by atoms with E-state index in [1.807, 2.05) is 12.1 Å². The Morgan fingerprint density at radius 3 is 2.91 bits per heavy atom. The molecule has 0 aliphatic rings. The molecular formula is C15H16N4O2S. The van der Waals surface area contributed by atoms with Gasteiger partial charge in [0, 0.05) is 20.6 Å². The highest BCUT2D eigenvalue weighted by Gasteiger charge is 2.13. The molecule has 0 fully saturated rings. The highest BCUT2D eigenvalue weighted by molar-refractivity contribution is 7.99. The molecule has 0 spiro atoms. The zero-order chi connectivity index (χ0) is 16.1. The first kappa shape index (κ1) is 16.0. The van der Waals surface area contributed by atoms with Crippen LogP contribution in [0.15, 0.2) is 34.2 Å². The number of rotatable bonds is 5. The van der Waals surface area contributed by atoms with Crippen molar-refractivity contribution in [2.24, 2.45) is 7.05 Å². The highest BCUT2D eigenvalue weighted by atomic mass is 32.2. The minimum atomic E-state index is -0.126. The first-order valence-electron chi connectivity index (χ1n) is 6.74. The van der Waals surface area contributed by atoms with Gasteiger partial charge in [-0.2, -0.15) is 5.26 Å². The summed E-state index contributed by atoms with van der Waals surface area (Å²) in [5, 5.41) is 9.60. The number of aromatic nitrogens is 2. The van der Waals surface area contributed by atoms with E-state index in [1.165, 1.54) is 21.2 Å². The van der Waals surface area contributed by atoms with Crippen LogP contribution in [0.5, 0.6) is 0 Å². The molecule has 1 amide bonds. The topological polar surface area (TPSA) is 79.0 Å². The van der Waals surface area contributed by atoms with Crippen LogP contribution < -0.4 is 5.56 Å². The Kier molecular flexibility index (Phi) is 5.17. The quantitative estimate of drug-likeness (QED) is 0.615. The summed E-state index contributed by atoms with van der Waals surface area (Å²) in [6.45, 7) is 0.403. The van der Waals surface area contributed by atoms with Crippen molar-refractivity contribution in [2.75, 3.05) is 19.3 Å². The molecule has 0 radical (unpaired) electrons. The SMILES string of the molecule is CN(CCC#N)C(=O)CSc1nc2ccccc2c(=O)n1C. The Morgan fingerprint density at radius 2 is 2.18 bits per heavy atom. The van der Waals surface area contributed by atoms with Gasteiger partial charge in [-0.05, 0) is 12.1 Å². The fraction of sp³-hybridized carbons (Fsp3) is 0.333. The van der Waals surface area contributed by atoms with Crippen LogP contribution in [0.2, 0.25) is 0 Å². The van der Waals surface area contributed by atoms with Crippen LogP contribution in [-0.2, 0) is 11.8 Å². The summed E-state index contributed by atoms with van der Waals surface area (Å²) in [7, 11) is 3.31. The second-order valence-electron chi connectivity index (χ2n) is 4.79. The molecule has 0 N–H and O–H groups in total. The standard InChI is InChI=1S/C15H16N4O2S/c1-18(9-5-8-16)13(20)10-22-15-17-12-7-4-3-6-11(12)14(21)19(15)2/h3-4,6-7H,5,9-10H2,1-2H3.